The van der Waals surface area contributed by atoms with Crippen LogP contribution in [0.3, 0.4) is 0 Å². The van der Waals surface area contributed by atoms with Crippen LogP contribution in [-0.2, 0) is 0 Å². The van der Waals surface area contributed by atoms with Crippen molar-refractivity contribution in [3.05, 3.63) is 18.1 Å². The lowest BCUT2D eigenvalue weighted by atomic mass is 10.4. The molecule has 0 aliphatic carbocycles. The third-order valence-corrected chi connectivity index (χ3v) is 2.13. The van der Waals surface area contributed by atoms with Crippen molar-refractivity contribution in [3.63, 3.8) is 0 Å². The highest BCUT2D eigenvalue weighted by atomic mass is 32.1. The summed E-state index contributed by atoms with van der Waals surface area (Å²) in [5.74, 6) is 0.656. The Morgan fingerprint density at radius 2 is 2.13 bits per heavy atom. The third kappa shape index (κ3) is 3.41. The van der Waals surface area contributed by atoms with Crippen molar-refractivity contribution in [1.29, 1.82) is 0 Å². The fourth-order valence-corrected chi connectivity index (χ4v) is 1.18. The molecule has 1 aromatic rings. The number of hydrazine groups is 1. The standard InChI is InChI=1S/C9H15N5S/c1-3-14(4-2)13-8-6-11-5-7(12-8)9(10)15/h5-6H,3-4H2,1-2H3,(H2,10,15)(H,12,13). The predicted octanol–water partition coefficient (Wildman–Crippen LogP) is 0.779. The number of thiocarbonyl (C=S) groups is 1. The van der Waals surface area contributed by atoms with E-state index < -0.39 is 0 Å². The first-order valence-corrected chi connectivity index (χ1v) is 5.21. The molecule has 0 saturated heterocycles. The minimum Gasteiger partial charge on any atom is -0.388 e. The number of hydrogen-bond donors (Lipinski definition) is 2. The maximum absolute atomic E-state index is 5.47. The van der Waals surface area contributed by atoms with Gasteiger partial charge < -0.3 is 11.2 Å². The molecule has 15 heavy (non-hydrogen) atoms. The summed E-state index contributed by atoms with van der Waals surface area (Å²) in [5.41, 5.74) is 9.11. The maximum Gasteiger partial charge on any atom is 0.159 e. The molecule has 0 fully saturated rings. The van der Waals surface area contributed by atoms with Gasteiger partial charge in [-0.2, -0.15) is 0 Å². The van der Waals surface area contributed by atoms with Gasteiger partial charge in [0, 0.05) is 13.1 Å². The Balaban J connectivity index is 2.77. The van der Waals surface area contributed by atoms with E-state index in [9.17, 15) is 0 Å². The predicted molar refractivity (Wildman–Crippen MR) is 64.5 cm³/mol. The highest BCUT2D eigenvalue weighted by molar-refractivity contribution is 7.80. The molecule has 0 amide bonds. The lowest BCUT2D eigenvalue weighted by molar-refractivity contribution is 0.365. The largest absolute Gasteiger partial charge is 0.388 e. The van der Waals surface area contributed by atoms with Gasteiger partial charge in [-0.3, -0.25) is 4.98 Å². The van der Waals surface area contributed by atoms with Crippen LogP contribution in [0.15, 0.2) is 12.4 Å². The van der Waals surface area contributed by atoms with Crippen LogP contribution < -0.4 is 11.2 Å². The fraction of sp³-hybridized carbons (Fsp3) is 0.444. The van der Waals surface area contributed by atoms with E-state index in [0.717, 1.165) is 13.1 Å². The molecule has 3 N–H and O–H groups in total. The van der Waals surface area contributed by atoms with Crippen LogP contribution in [0.2, 0.25) is 0 Å². The smallest absolute Gasteiger partial charge is 0.159 e. The van der Waals surface area contributed by atoms with E-state index in [1.165, 1.54) is 0 Å². The molecular weight excluding hydrogens is 210 g/mol. The second-order valence-corrected chi connectivity index (χ2v) is 3.38. The molecule has 6 heteroatoms. The second kappa shape index (κ2) is 5.57. The minimum atomic E-state index is 0.255. The molecule has 0 radical (unpaired) electrons. The summed E-state index contributed by atoms with van der Waals surface area (Å²) in [6.45, 7) is 5.88. The van der Waals surface area contributed by atoms with Crippen LogP contribution in [0.5, 0.6) is 0 Å². The first-order chi connectivity index (χ1) is 7.17. The molecule has 1 rings (SSSR count). The second-order valence-electron chi connectivity index (χ2n) is 2.94. The van der Waals surface area contributed by atoms with E-state index in [1.807, 2.05) is 5.01 Å². The summed E-state index contributed by atoms with van der Waals surface area (Å²) < 4.78 is 0. The van der Waals surface area contributed by atoms with Crippen molar-refractivity contribution in [2.45, 2.75) is 13.8 Å². The van der Waals surface area contributed by atoms with E-state index in [0.29, 0.717) is 11.5 Å². The molecule has 5 nitrogen and oxygen atoms in total. The molecule has 1 aromatic heterocycles. The molecule has 0 unspecified atom stereocenters. The van der Waals surface area contributed by atoms with Gasteiger partial charge in [-0.15, -0.1) is 0 Å². The molecule has 0 aromatic carbocycles. The normalized spacial score (nSPS) is 10.3. The van der Waals surface area contributed by atoms with Crippen LogP contribution in [0.25, 0.3) is 0 Å². The summed E-state index contributed by atoms with van der Waals surface area (Å²) in [6.07, 6.45) is 3.19. The van der Waals surface area contributed by atoms with Crippen molar-refractivity contribution < 1.29 is 0 Å². The quantitative estimate of drug-likeness (QED) is 0.570. The Morgan fingerprint density at radius 1 is 1.47 bits per heavy atom. The topological polar surface area (TPSA) is 67.1 Å². The van der Waals surface area contributed by atoms with E-state index >= 15 is 0 Å². The number of hydrogen-bond acceptors (Lipinski definition) is 5. The van der Waals surface area contributed by atoms with Crippen molar-refractivity contribution in [2.24, 2.45) is 5.73 Å². The van der Waals surface area contributed by atoms with Crippen LogP contribution in [-0.4, -0.2) is 33.1 Å². The van der Waals surface area contributed by atoms with Gasteiger partial charge in [0.25, 0.3) is 0 Å². The number of rotatable bonds is 5. The number of anilines is 1. The van der Waals surface area contributed by atoms with Gasteiger partial charge in [-0.25, -0.2) is 9.99 Å². The summed E-state index contributed by atoms with van der Waals surface area (Å²) in [5, 5.41) is 2.01. The van der Waals surface area contributed by atoms with Crippen molar-refractivity contribution in [3.8, 4) is 0 Å². The average molecular weight is 225 g/mol. The van der Waals surface area contributed by atoms with Crippen LogP contribution >= 0.6 is 12.2 Å². The summed E-state index contributed by atoms with van der Waals surface area (Å²) in [6, 6.07) is 0. The Kier molecular flexibility index (Phi) is 4.38. The van der Waals surface area contributed by atoms with Gasteiger partial charge in [-0.05, 0) is 0 Å². The zero-order valence-corrected chi connectivity index (χ0v) is 9.71. The molecule has 0 bridgehead atoms. The number of nitrogens with zero attached hydrogens (tertiary/aromatic N) is 3. The Labute approximate surface area is 94.7 Å². The fourth-order valence-electron chi connectivity index (χ4n) is 1.08. The Bertz CT molecular complexity index is 337. The first kappa shape index (κ1) is 11.8. The van der Waals surface area contributed by atoms with E-state index in [1.54, 1.807) is 12.4 Å². The SMILES string of the molecule is CCN(CC)Nc1cncc(C(N)=S)n1. The molecule has 0 atom stereocenters. The zero-order valence-electron chi connectivity index (χ0n) is 8.90. The van der Waals surface area contributed by atoms with Gasteiger partial charge in [0.15, 0.2) is 5.82 Å². The van der Waals surface area contributed by atoms with Crippen molar-refractivity contribution >= 4 is 23.0 Å². The van der Waals surface area contributed by atoms with Crippen molar-refractivity contribution in [2.75, 3.05) is 18.5 Å². The molecule has 82 valence electrons. The van der Waals surface area contributed by atoms with E-state index in [4.69, 9.17) is 18.0 Å². The average Bonchev–Trinajstić information content (AvgIpc) is 2.26. The number of aromatic nitrogens is 2. The van der Waals surface area contributed by atoms with E-state index in [2.05, 4.69) is 29.2 Å². The molecule has 0 saturated carbocycles. The number of nitrogens with one attached hydrogen (secondary N) is 1. The van der Waals surface area contributed by atoms with Gasteiger partial charge in [0.1, 0.15) is 10.7 Å². The first-order valence-electron chi connectivity index (χ1n) is 4.80. The summed E-state index contributed by atoms with van der Waals surface area (Å²) >= 11 is 4.83. The summed E-state index contributed by atoms with van der Waals surface area (Å²) in [7, 11) is 0. The van der Waals surface area contributed by atoms with Crippen LogP contribution in [0.1, 0.15) is 19.5 Å². The molecular formula is C9H15N5S. The molecule has 1 heterocycles. The van der Waals surface area contributed by atoms with Gasteiger partial charge in [0.05, 0.1) is 12.4 Å². The minimum absolute atomic E-state index is 0.255. The lowest BCUT2D eigenvalue weighted by Crippen LogP contribution is -2.30. The Hall–Kier alpha value is -1.27. The van der Waals surface area contributed by atoms with Crippen LogP contribution in [0.4, 0.5) is 5.82 Å². The van der Waals surface area contributed by atoms with Gasteiger partial charge >= 0.3 is 0 Å². The van der Waals surface area contributed by atoms with Crippen LogP contribution in [0, 0.1) is 0 Å². The monoisotopic (exact) mass is 225 g/mol. The third-order valence-electron chi connectivity index (χ3n) is 1.92. The zero-order chi connectivity index (χ0) is 11.3. The number of nitrogens with two attached hydrogens (primary N) is 1. The molecule has 0 aliphatic heterocycles. The Morgan fingerprint density at radius 3 is 2.67 bits per heavy atom. The van der Waals surface area contributed by atoms with E-state index in [-0.39, 0.29) is 4.99 Å². The van der Waals surface area contributed by atoms with Gasteiger partial charge in [-0.1, -0.05) is 26.1 Å². The lowest BCUT2D eigenvalue weighted by Gasteiger charge is -2.19. The molecule has 0 spiro atoms. The maximum atomic E-state index is 5.47. The summed E-state index contributed by atoms with van der Waals surface area (Å²) in [4.78, 5) is 8.49. The molecule has 0 aliphatic rings. The highest BCUT2D eigenvalue weighted by Gasteiger charge is 2.03. The highest BCUT2D eigenvalue weighted by Crippen LogP contribution is 2.03. The van der Waals surface area contributed by atoms with Crippen molar-refractivity contribution in [1.82, 2.24) is 15.0 Å². The van der Waals surface area contributed by atoms with Gasteiger partial charge in [0.2, 0.25) is 0 Å².